The molecular weight excluding hydrogens is 250 g/mol. The van der Waals surface area contributed by atoms with Gasteiger partial charge >= 0.3 is 5.97 Å². The summed E-state index contributed by atoms with van der Waals surface area (Å²) in [5.74, 6) is -0.733. The molecule has 2 heterocycles. The molecule has 1 aliphatic rings. The van der Waals surface area contributed by atoms with Crippen molar-refractivity contribution in [3.8, 4) is 0 Å². The number of piperidine rings is 1. The first kappa shape index (κ1) is 13.5. The van der Waals surface area contributed by atoms with Gasteiger partial charge in [-0.25, -0.2) is 4.98 Å². The number of hydrogen-bond acceptors (Lipinski definition) is 5. The van der Waals surface area contributed by atoms with Gasteiger partial charge in [0, 0.05) is 37.6 Å². The first-order valence-corrected chi connectivity index (χ1v) is 7.23. The highest BCUT2D eigenvalue weighted by molar-refractivity contribution is 7.07. The molecule has 0 unspecified atom stereocenters. The van der Waals surface area contributed by atoms with E-state index in [-0.39, 0.29) is 6.42 Å². The largest absolute Gasteiger partial charge is 0.481 e. The van der Waals surface area contributed by atoms with Crippen LogP contribution in [-0.2, 0) is 11.3 Å². The SMILES string of the molecule is O=C(O)CCNC1CCN(Cc2cscn2)CC1. The van der Waals surface area contributed by atoms with Crippen molar-refractivity contribution in [3.63, 3.8) is 0 Å². The normalized spacial score (nSPS) is 18.0. The molecule has 2 N–H and O–H groups in total. The molecule has 0 radical (unpaired) electrons. The number of likely N-dealkylation sites (tertiary alicyclic amines) is 1. The quantitative estimate of drug-likeness (QED) is 0.811. The molecule has 2 rings (SSSR count). The van der Waals surface area contributed by atoms with E-state index in [1.54, 1.807) is 11.3 Å². The maximum atomic E-state index is 10.4. The maximum absolute atomic E-state index is 10.4. The van der Waals surface area contributed by atoms with Crippen molar-refractivity contribution in [2.45, 2.75) is 31.8 Å². The third kappa shape index (κ3) is 4.36. The molecule has 1 fully saturated rings. The van der Waals surface area contributed by atoms with Crippen LogP contribution in [0.4, 0.5) is 0 Å². The van der Waals surface area contributed by atoms with Gasteiger partial charge in [-0.05, 0) is 12.8 Å². The minimum absolute atomic E-state index is 0.207. The smallest absolute Gasteiger partial charge is 0.304 e. The minimum Gasteiger partial charge on any atom is -0.481 e. The molecule has 6 heteroatoms. The minimum atomic E-state index is -0.733. The van der Waals surface area contributed by atoms with Gasteiger partial charge in [-0.3, -0.25) is 9.69 Å². The molecule has 0 aromatic carbocycles. The Morgan fingerprint density at radius 1 is 1.56 bits per heavy atom. The number of aromatic nitrogens is 1. The van der Waals surface area contributed by atoms with Crippen molar-refractivity contribution >= 4 is 17.3 Å². The van der Waals surface area contributed by atoms with Crippen molar-refractivity contribution in [3.05, 3.63) is 16.6 Å². The summed E-state index contributed by atoms with van der Waals surface area (Å²) in [6.07, 6.45) is 2.38. The van der Waals surface area contributed by atoms with Crippen LogP contribution in [0.5, 0.6) is 0 Å². The van der Waals surface area contributed by atoms with Gasteiger partial charge in [-0.1, -0.05) is 0 Å². The number of nitrogens with one attached hydrogen (secondary N) is 1. The molecular formula is C12H19N3O2S. The Hall–Kier alpha value is -0.980. The molecule has 1 aromatic rings. The predicted octanol–water partition coefficient (Wildman–Crippen LogP) is 1.17. The van der Waals surface area contributed by atoms with Crippen molar-refractivity contribution in [2.75, 3.05) is 19.6 Å². The van der Waals surface area contributed by atoms with Crippen molar-refractivity contribution in [2.24, 2.45) is 0 Å². The van der Waals surface area contributed by atoms with Crippen LogP contribution < -0.4 is 5.32 Å². The summed E-state index contributed by atoms with van der Waals surface area (Å²) in [5, 5.41) is 14.0. The summed E-state index contributed by atoms with van der Waals surface area (Å²) < 4.78 is 0. The average molecular weight is 269 g/mol. The summed E-state index contributed by atoms with van der Waals surface area (Å²) >= 11 is 1.64. The maximum Gasteiger partial charge on any atom is 0.304 e. The van der Waals surface area contributed by atoms with Crippen molar-refractivity contribution in [1.29, 1.82) is 0 Å². The topological polar surface area (TPSA) is 65.5 Å². The van der Waals surface area contributed by atoms with Crippen molar-refractivity contribution < 1.29 is 9.90 Å². The van der Waals surface area contributed by atoms with Crippen LogP contribution in [0, 0.1) is 0 Å². The fourth-order valence-electron chi connectivity index (χ4n) is 2.22. The van der Waals surface area contributed by atoms with E-state index in [9.17, 15) is 4.79 Å². The van der Waals surface area contributed by atoms with Crippen molar-refractivity contribution in [1.82, 2.24) is 15.2 Å². The lowest BCUT2D eigenvalue weighted by Crippen LogP contribution is -2.42. The number of hydrogen-bond donors (Lipinski definition) is 2. The Kier molecular flexibility index (Phi) is 5.10. The number of thiazole rings is 1. The van der Waals surface area contributed by atoms with E-state index >= 15 is 0 Å². The zero-order valence-corrected chi connectivity index (χ0v) is 11.2. The third-order valence-corrected chi connectivity index (χ3v) is 3.86. The number of aliphatic carboxylic acids is 1. The van der Waals surface area contributed by atoms with E-state index in [2.05, 4.69) is 20.6 Å². The summed E-state index contributed by atoms with van der Waals surface area (Å²) in [4.78, 5) is 17.1. The first-order valence-electron chi connectivity index (χ1n) is 6.28. The molecule has 18 heavy (non-hydrogen) atoms. The number of rotatable bonds is 6. The standard InChI is InChI=1S/C12H19N3O2S/c16-12(17)1-4-13-10-2-5-15(6-3-10)7-11-8-18-9-14-11/h8-10,13H,1-7H2,(H,16,17). The van der Waals surface area contributed by atoms with Crippen LogP contribution in [0.15, 0.2) is 10.9 Å². The highest BCUT2D eigenvalue weighted by Gasteiger charge is 2.19. The lowest BCUT2D eigenvalue weighted by atomic mass is 10.0. The molecule has 1 aromatic heterocycles. The van der Waals surface area contributed by atoms with E-state index in [0.717, 1.165) is 38.2 Å². The monoisotopic (exact) mass is 269 g/mol. The molecule has 0 aliphatic carbocycles. The Bertz CT molecular complexity index is 361. The lowest BCUT2D eigenvalue weighted by Gasteiger charge is -2.31. The Morgan fingerprint density at radius 3 is 2.94 bits per heavy atom. The number of nitrogens with zero attached hydrogens (tertiary/aromatic N) is 2. The highest BCUT2D eigenvalue weighted by atomic mass is 32.1. The summed E-state index contributed by atoms with van der Waals surface area (Å²) in [6.45, 7) is 3.63. The molecule has 0 bridgehead atoms. The van der Waals surface area contributed by atoms with Crippen LogP contribution >= 0.6 is 11.3 Å². The van der Waals surface area contributed by atoms with E-state index in [0.29, 0.717) is 12.6 Å². The summed E-state index contributed by atoms with van der Waals surface area (Å²) in [7, 11) is 0. The summed E-state index contributed by atoms with van der Waals surface area (Å²) in [5.41, 5.74) is 3.02. The van der Waals surface area contributed by atoms with Crippen LogP contribution in [0.25, 0.3) is 0 Å². The lowest BCUT2D eigenvalue weighted by molar-refractivity contribution is -0.136. The van der Waals surface area contributed by atoms with Gasteiger partial charge in [0.1, 0.15) is 0 Å². The Balaban J connectivity index is 1.63. The Morgan fingerprint density at radius 2 is 2.33 bits per heavy atom. The zero-order valence-electron chi connectivity index (χ0n) is 10.3. The third-order valence-electron chi connectivity index (χ3n) is 3.23. The molecule has 0 spiro atoms. The Labute approximate surface area is 111 Å². The molecule has 0 saturated carbocycles. The predicted molar refractivity (Wildman–Crippen MR) is 70.7 cm³/mol. The van der Waals surface area contributed by atoms with Crippen LogP contribution in [-0.4, -0.2) is 46.6 Å². The van der Waals surface area contributed by atoms with E-state index in [4.69, 9.17) is 5.11 Å². The number of carboxylic acids is 1. The van der Waals surface area contributed by atoms with Gasteiger partial charge < -0.3 is 10.4 Å². The molecule has 0 atom stereocenters. The van der Waals surface area contributed by atoms with Gasteiger partial charge in [0.25, 0.3) is 0 Å². The second kappa shape index (κ2) is 6.82. The van der Waals surface area contributed by atoms with Crippen LogP contribution in [0.3, 0.4) is 0 Å². The van der Waals surface area contributed by atoms with E-state index in [1.165, 1.54) is 0 Å². The molecule has 100 valence electrons. The van der Waals surface area contributed by atoms with E-state index in [1.807, 2.05) is 5.51 Å². The highest BCUT2D eigenvalue weighted by Crippen LogP contribution is 2.13. The zero-order chi connectivity index (χ0) is 12.8. The van der Waals surface area contributed by atoms with Gasteiger partial charge in [-0.15, -0.1) is 11.3 Å². The van der Waals surface area contributed by atoms with Gasteiger partial charge in [0.2, 0.25) is 0 Å². The molecule has 1 saturated heterocycles. The first-order chi connectivity index (χ1) is 8.74. The fraction of sp³-hybridized carbons (Fsp3) is 0.667. The molecule has 5 nitrogen and oxygen atoms in total. The van der Waals surface area contributed by atoms with Crippen LogP contribution in [0.2, 0.25) is 0 Å². The van der Waals surface area contributed by atoms with E-state index < -0.39 is 5.97 Å². The second-order valence-corrected chi connectivity index (χ2v) is 5.35. The van der Waals surface area contributed by atoms with Gasteiger partial charge in [0.05, 0.1) is 17.6 Å². The van der Waals surface area contributed by atoms with Crippen LogP contribution in [0.1, 0.15) is 25.0 Å². The molecule has 1 aliphatic heterocycles. The fourth-order valence-corrected chi connectivity index (χ4v) is 2.77. The average Bonchev–Trinajstić information content (AvgIpc) is 2.84. The molecule has 0 amide bonds. The summed E-state index contributed by atoms with van der Waals surface area (Å²) in [6, 6.07) is 0.469. The second-order valence-electron chi connectivity index (χ2n) is 4.63. The number of carbonyl (C=O) groups is 1. The van der Waals surface area contributed by atoms with Gasteiger partial charge in [-0.2, -0.15) is 0 Å². The number of carboxylic acid groups (broad SMARTS) is 1. The van der Waals surface area contributed by atoms with Gasteiger partial charge in [0.15, 0.2) is 0 Å².